The number of aromatic nitrogens is 2. The molecule has 0 aliphatic carbocycles. The fraction of sp³-hybridized carbons (Fsp3) is 0.375. The Morgan fingerprint density at radius 3 is 2.96 bits per heavy atom. The molecule has 1 atom stereocenters. The number of rotatable bonds is 4. The summed E-state index contributed by atoms with van der Waals surface area (Å²) < 4.78 is 5.65. The smallest absolute Gasteiger partial charge is 0.122 e. The number of aryl methyl sites for hydroxylation is 1. The van der Waals surface area contributed by atoms with E-state index in [1.165, 1.54) is 46.4 Å². The molecule has 1 saturated heterocycles. The van der Waals surface area contributed by atoms with Gasteiger partial charge in [0.25, 0.3) is 0 Å². The van der Waals surface area contributed by atoms with Crippen LogP contribution in [-0.2, 0) is 13.0 Å². The minimum atomic E-state index is 0.505. The van der Waals surface area contributed by atoms with Gasteiger partial charge in [0.2, 0.25) is 0 Å². The second-order valence-corrected chi connectivity index (χ2v) is 8.18. The summed E-state index contributed by atoms with van der Waals surface area (Å²) in [6.07, 6.45) is 5.47. The third kappa shape index (κ3) is 3.45. The number of aromatic amines is 1. The van der Waals surface area contributed by atoms with Gasteiger partial charge in [-0.1, -0.05) is 42.0 Å². The number of ether oxygens (including phenoxy) is 1. The Morgan fingerprint density at radius 1 is 1.18 bits per heavy atom. The van der Waals surface area contributed by atoms with Gasteiger partial charge in [-0.15, -0.1) is 0 Å². The van der Waals surface area contributed by atoms with Crippen LogP contribution in [-0.4, -0.2) is 34.8 Å². The molecule has 4 nitrogen and oxygen atoms in total. The molecule has 1 N–H and O–H groups in total. The first-order valence-electron chi connectivity index (χ1n) is 10.3. The minimum absolute atomic E-state index is 0.505. The fourth-order valence-corrected chi connectivity index (χ4v) is 4.60. The highest BCUT2D eigenvalue weighted by molar-refractivity contribution is 5.66. The first-order valence-corrected chi connectivity index (χ1v) is 10.3. The van der Waals surface area contributed by atoms with Crippen LogP contribution in [0.5, 0.6) is 5.75 Å². The maximum Gasteiger partial charge on any atom is 0.122 e. The van der Waals surface area contributed by atoms with Gasteiger partial charge in [-0.05, 0) is 49.1 Å². The van der Waals surface area contributed by atoms with Crippen LogP contribution >= 0.6 is 0 Å². The van der Waals surface area contributed by atoms with Crippen LogP contribution in [0.3, 0.4) is 0 Å². The van der Waals surface area contributed by atoms with E-state index in [0.29, 0.717) is 5.92 Å². The van der Waals surface area contributed by atoms with E-state index in [-0.39, 0.29) is 0 Å². The van der Waals surface area contributed by atoms with E-state index in [1.807, 2.05) is 6.20 Å². The van der Waals surface area contributed by atoms with Crippen molar-refractivity contribution in [3.8, 4) is 16.9 Å². The maximum atomic E-state index is 5.65. The Balaban J connectivity index is 1.32. The van der Waals surface area contributed by atoms with E-state index in [0.717, 1.165) is 38.4 Å². The number of fused-ring (bicyclic) bond motifs is 1. The van der Waals surface area contributed by atoms with Gasteiger partial charge in [-0.3, -0.25) is 10.00 Å². The fourth-order valence-electron chi connectivity index (χ4n) is 4.60. The van der Waals surface area contributed by atoms with Crippen molar-refractivity contribution >= 4 is 0 Å². The minimum Gasteiger partial charge on any atom is -0.493 e. The van der Waals surface area contributed by atoms with Crippen molar-refractivity contribution in [3.05, 3.63) is 71.0 Å². The summed E-state index contributed by atoms with van der Waals surface area (Å²) >= 11 is 0. The van der Waals surface area contributed by atoms with Crippen molar-refractivity contribution in [1.29, 1.82) is 0 Å². The van der Waals surface area contributed by atoms with Crippen LogP contribution in [0.1, 0.15) is 41.1 Å². The van der Waals surface area contributed by atoms with Crippen LogP contribution in [0, 0.1) is 6.92 Å². The highest BCUT2D eigenvalue weighted by Crippen LogP contribution is 2.34. The molecule has 1 aromatic heterocycles. The largest absolute Gasteiger partial charge is 0.493 e. The number of benzene rings is 2. The highest BCUT2D eigenvalue weighted by Gasteiger charge is 2.25. The Morgan fingerprint density at radius 2 is 2.07 bits per heavy atom. The van der Waals surface area contributed by atoms with Crippen LogP contribution in [0.2, 0.25) is 0 Å². The topological polar surface area (TPSA) is 41.2 Å². The molecule has 0 spiro atoms. The van der Waals surface area contributed by atoms with E-state index in [1.54, 1.807) is 0 Å². The van der Waals surface area contributed by atoms with Gasteiger partial charge in [0.15, 0.2) is 0 Å². The van der Waals surface area contributed by atoms with Gasteiger partial charge < -0.3 is 4.74 Å². The number of hydrogen-bond donors (Lipinski definition) is 1. The molecular weight excluding hydrogens is 346 g/mol. The zero-order valence-corrected chi connectivity index (χ0v) is 16.4. The molecule has 144 valence electrons. The normalized spacial score (nSPS) is 19.4. The summed E-state index contributed by atoms with van der Waals surface area (Å²) in [5.41, 5.74) is 7.84. The standard InChI is InChI=1S/C24H27N3O/c1-17-4-7-19(8-5-17)22-14-25-26-24(22)21-3-2-11-27(16-21)15-18-6-9-23-20(13-18)10-12-28-23/h4-9,13-14,21H,2-3,10-12,15-16H2,1H3,(H,25,26)/t21-/m1/s1. The van der Waals surface area contributed by atoms with Crippen LogP contribution in [0.4, 0.5) is 0 Å². The lowest BCUT2D eigenvalue weighted by Gasteiger charge is -2.32. The molecule has 0 unspecified atom stereocenters. The Bertz CT molecular complexity index is 960. The summed E-state index contributed by atoms with van der Waals surface area (Å²) in [7, 11) is 0. The van der Waals surface area contributed by atoms with Crippen LogP contribution < -0.4 is 4.74 Å². The molecule has 4 heteroatoms. The molecule has 0 amide bonds. The average molecular weight is 374 g/mol. The van der Waals surface area contributed by atoms with Gasteiger partial charge in [0.1, 0.15) is 5.75 Å². The van der Waals surface area contributed by atoms with E-state index >= 15 is 0 Å². The number of piperidine rings is 1. The van der Waals surface area contributed by atoms with Gasteiger partial charge in [-0.2, -0.15) is 5.10 Å². The Kier molecular flexibility index (Phi) is 4.65. The summed E-state index contributed by atoms with van der Waals surface area (Å²) in [5, 5.41) is 7.70. The molecule has 28 heavy (non-hydrogen) atoms. The quantitative estimate of drug-likeness (QED) is 0.721. The zero-order chi connectivity index (χ0) is 18.9. The molecule has 0 bridgehead atoms. The van der Waals surface area contributed by atoms with Crippen molar-refractivity contribution in [1.82, 2.24) is 15.1 Å². The SMILES string of the molecule is Cc1ccc(-c2cn[nH]c2[C@@H]2CCCN(Cc3ccc4c(c3)CCO4)C2)cc1. The second kappa shape index (κ2) is 7.44. The number of nitrogens with zero attached hydrogens (tertiary/aromatic N) is 2. The van der Waals surface area contributed by atoms with Gasteiger partial charge in [0.05, 0.1) is 12.8 Å². The molecule has 1 fully saturated rings. The van der Waals surface area contributed by atoms with E-state index < -0.39 is 0 Å². The third-order valence-corrected chi connectivity index (χ3v) is 6.11. The lowest BCUT2D eigenvalue weighted by Crippen LogP contribution is -2.34. The third-order valence-electron chi connectivity index (χ3n) is 6.11. The lowest BCUT2D eigenvalue weighted by molar-refractivity contribution is 0.198. The van der Waals surface area contributed by atoms with Gasteiger partial charge >= 0.3 is 0 Å². The highest BCUT2D eigenvalue weighted by atomic mass is 16.5. The van der Waals surface area contributed by atoms with Gasteiger partial charge in [0, 0.05) is 36.7 Å². The van der Waals surface area contributed by atoms with Crippen molar-refractivity contribution in [2.45, 2.75) is 38.6 Å². The first kappa shape index (κ1) is 17.5. The molecule has 5 rings (SSSR count). The van der Waals surface area contributed by atoms with E-state index in [4.69, 9.17) is 4.74 Å². The number of hydrogen-bond acceptors (Lipinski definition) is 3. The first-order chi connectivity index (χ1) is 13.8. The molecule has 3 heterocycles. The Hall–Kier alpha value is -2.59. The van der Waals surface area contributed by atoms with Crippen molar-refractivity contribution in [3.63, 3.8) is 0 Å². The summed E-state index contributed by atoms with van der Waals surface area (Å²) in [5.74, 6) is 1.57. The second-order valence-electron chi connectivity index (χ2n) is 8.18. The molecule has 2 aliphatic rings. The molecule has 3 aromatic rings. The average Bonchev–Trinajstić information content (AvgIpc) is 3.38. The molecule has 0 radical (unpaired) electrons. The predicted molar refractivity (Wildman–Crippen MR) is 112 cm³/mol. The van der Waals surface area contributed by atoms with E-state index in [9.17, 15) is 0 Å². The lowest BCUT2D eigenvalue weighted by atomic mass is 9.90. The predicted octanol–water partition coefficient (Wildman–Crippen LogP) is 4.70. The van der Waals surface area contributed by atoms with Crippen molar-refractivity contribution < 1.29 is 4.74 Å². The van der Waals surface area contributed by atoms with Crippen molar-refractivity contribution in [2.24, 2.45) is 0 Å². The number of likely N-dealkylation sites (tertiary alicyclic amines) is 1. The molecular formula is C24H27N3O. The van der Waals surface area contributed by atoms with Crippen LogP contribution in [0.25, 0.3) is 11.1 Å². The van der Waals surface area contributed by atoms with E-state index in [2.05, 4.69) is 64.5 Å². The van der Waals surface area contributed by atoms with Crippen LogP contribution in [0.15, 0.2) is 48.7 Å². The molecule has 2 aromatic carbocycles. The number of H-pyrrole nitrogens is 1. The molecule has 2 aliphatic heterocycles. The zero-order valence-electron chi connectivity index (χ0n) is 16.4. The van der Waals surface area contributed by atoms with Gasteiger partial charge in [-0.25, -0.2) is 0 Å². The Labute approximate surface area is 166 Å². The summed E-state index contributed by atoms with van der Waals surface area (Å²) in [6, 6.07) is 15.5. The molecule has 0 saturated carbocycles. The monoisotopic (exact) mass is 373 g/mol. The summed E-state index contributed by atoms with van der Waals surface area (Å²) in [6.45, 7) is 6.21. The number of nitrogens with one attached hydrogen (secondary N) is 1. The van der Waals surface area contributed by atoms with Crippen molar-refractivity contribution in [2.75, 3.05) is 19.7 Å². The maximum absolute atomic E-state index is 5.65. The summed E-state index contributed by atoms with van der Waals surface area (Å²) in [4.78, 5) is 2.59.